The molecule has 2 fully saturated rings. The molecule has 0 bridgehead atoms. The Morgan fingerprint density at radius 3 is 2.05 bits per heavy atom. The van der Waals surface area contributed by atoms with Gasteiger partial charge in [-0.25, -0.2) is 14.8 Å². The minimum Gasteiger partial charge on any atom is -0.378 e. The summed E-state index contributed by atoms with van der Waals surface area (Å²) >= 11 is 6.45. The molecule has 1 aromatic heterocycles. The Kier molecular flexibility index (Phi) is 7.73. The topological polar surface area (TPSA) is 85.9 Å². The molecule has 0 unspecified atom stereocenters. The first-order chi connectivity index (χ1) is 18.0. The molecule has 37 heavy (non-hydrogen) atoms. The molecule has 3 aromatic rings. The summed E-state index contributed by atoms with van der Waals surface area (Å²) in [5.74, 6) is 1.38. The fraction of sp³-hybridized carbons (Fsp3) is 0.370. The molecule has 5 rings (SSSR count). The lowest BCUT2D eigenvalue weighted by Crippen LogP contribution is -2.44. The number of benzene rings is 2. The van der Waals surface area contributed by atoms with Gasteiger partial charge in [0, 0.05) is 67.5 Å². The van der Waals surface area contributed by atoms with Gasteiger partial charge in [-0.1, -0.05) is 11.6 Å². The zero-order valence-corrected chi connectivity index (χ0v) is 22.0. The maximum Gasteiger partial charge on any atom is 0.323 e. The maximum absolute atomic E-state index is 12.6. The van der Waals surface area contributed by atoms with Crippen molar-refractivity contribution in [3.05, 3.63) is 59.2 Å². The van der Waals surface area contributed by atoms with Crippen molar-refractivity contribution in [2.75, 3.05) is 80.0 Å². The molecule has 2 aliphatic heterocycles. The number of ether oxygens (including phenoxy) is 1. The van der Waals surface area contributed by atoms with E-state index in [0.29, 0.717) is 29.9 Å². The molecular weight excluding hydrogens is 490 g/mol. The molecule has 0 spiro atoms. The van der Waals surface area contributed by atoms with Gasteiger partial charge in [-0.05, 0) is 62.5 Å². The molecular formula is C27H32ClN7O2. The van der Waals surface area contributed by atoms with Gasteiger partial charge in [-0.15, -0.1) is 0 Å². The first-order valence-corrected chi connectivity index (χ1v) is 12.9. The number of carbonyl (C=O) groups is 1. The molecule has 10 heteroatoms. The highest BCUT2D eigenvalue weighted by Crippen LogP contribution is 2.28. The zero-order valence-electron chi connectivity index (χ0n) is 21.2. The smallest absolute Gasteiger partial charge is 0.323 e. The number of hydrogen-bond donors (Lipinski definition) is 2. The van der Waals surface area contributed by atoms with E-state index < -0.39 is 0 Å². The van der Waals surface area contributed by atoms with Crippen LogP contribution in [0.15, 0.2) is 48.5 Å². The fourth-order valence-electron chi connectivity index (χ4n) is 4.51. The number of anilines is 4. The van der Waals surface area contributed by atoms with Crippen LogP contribution in [0.3, 0.4) is 0 Å². The molecule has 9 nitrogen and oxygen atoms in total. The third-order valence-electron chi connectivity index (χ3n) is 6.77. The van der Waals surface area contributed by atoms with Gasteiger partial charge < -0.3 is 30.1 Å². The fourth-order valence-corrected chi connectivity index (χ4v) is 4.67. The van der Waals surface area contributed by atoms with Gasteiger partial charge in [0.05, 0.1) is 13.2 Å². The second-order valence-corrected chi connectivity index (χ2v) is 9.74. The van der Waals surface area contributed by atoms with Crippen molar-refractivity contribution in [2.45, 2.75) is 6.92 Å². The number of amides is 2. The number of halogens is 1. The summed E-state index contributed by atoms with van der Waals surface area (Å²) in [4.78, 5) is 28.7. The Balaban J connectivity index is 1.21. The van der Waals surface area contributed by atoms with Gasteiger partial charge in [0.15, 0.2) is 5.82 Å². The number of likely N-dealkylation sites (N-methyl/N-ethyl adjacent to an activating group) is 1. The van der Waals surface area contributed by atoms with E-state index in [1.54, 1.807) is 0 Å². The highest BCUT2D eigenvalue weighted by Gasteiger charge is 2.19. The van der Waals surface area contributed by atoms with Crippen LogP contribution in [-0.4, -0.2) is 80.4 Å². The maximum atomic E-state index is 12.6. The highest BCUT2D eigenvalue weighted by atomic mass is 35.5. The van der Waals surface area contributed by atoms with Gasteiger partial charge >= 0.3 is 6.03 Å². The molecule has 0 saturated carbocycles. The van der Waals surface area contributed by atoms with Gasteiger partial charge in [0.25, 0.3) is 0 Å². The molecule has 0 aliphatic carbocycles. The predicted octanol–water partition coefficient (Wildman–Crippen LogP) is 4.34. The lowest BCUT2D eigenvalue weighted by molar-refractivity contribution is 0.122. The first kappa shape index (κ1) is 25.3. The molecule has 2 aromatic carbocycles. The zero-order chi connectivity index (χ0) is 25.8. The quantitative estimate of drug-likeness (QED) is 0.483. The SMILES string of the molecule is Cc1c(Cl)nc(-c2ccc(NC(=O)Nc3ccc(N4CCN(C)CC4)cc3)cc2)nc1N1CCOCC1. The standard InChI is InChI=1S/C27H32ClN7O2/c1-19-24(28)31-25(32-26(19)35-15-17-37-18-16-35)20-3-5-21(6-4-20)29-27(36)30-22-7-9-23(10-8-22)34-13-11-33(2)12-14-34/h3-10H,11-18H2,1-2H3,(H2,29,30,36). The minimum atomic E-state index is -0.302. The summed E-state index contributed by atoms with van der Waals surface area (Å²) < 4.78 is 5.46. The van der Waals surface area contributed by atoms with Crippen molar-refractivity contribution in [1.82, 2.24) is 14.9 Å². The number of nitrogens with zero attached hydrogens (tertiary/aromatic N) is 5. The third kappa shape index (κ3) is 6.12. The summed E-state index contributed by atoms with van der Waals surface area (Å²) in [6.07, 6.45) is 0. The van der Waals surface area contributed by atoms with Crippen LogP contribution >= 0.6 is 11.6 Å². The normalized spacial score (nSPS) is 16.5. The second-order valence-electron chi connectivity index (χ2n) is 9.38. The molecule has 3 heterocycles. The molecule has 0 radical (unpaired) electrons. The van der Waals surface area contributed by atoms with Gasteiger partial charge in [0.2, 0.25) is 0 Å². The van der Waals surface area contributed by atoms with E-state index in [9.17, 15) is 4.79 Å². The molecule has 2 N–H and O–H groups in total. The monoisotopic (exact) mass is 521 g/mol. The van der Waals surface area contributed by atoms with Crippen molar-refractivity contribution in [3.8, 4) is 11.4 Å². The molecule has 0 atom stereocenters. The Bertz CT molecular complexity index is 1220. The van der Waals surface area contributed by atoms with Crippen LogP contribution in [0.1, 0.15) is 5.56 Å². The lowest BCUT2D eigenvalue weighted by Gasteiger charge is -2.34. The number of nitrogens with one attached hydrogen (secondary N) is 2. The van der Waals surface area contributed by atoms with Crippen molar-refractivity contribution in [3.63, 3.8) is 0 Å². The van der Waals surface area contributed by atoms with E-state index in [1.165, 1.54) is 5.69 Å². The number of morpholine rings is 1. The average molecular weight is 522 g/mol. The number of urea groups is 1. The number of piperazine rings is 1. The van der Waals surface area contributed by atoms with Crippen LogP contribution in [-0.2, 0) is 4.74 Å². The highest BCUT2D eigenvalue weighted by molar-refractivity contribution is 6.30. The third-order valence-corrected chi connectivity index (χ3v) is 7.13. The van der Waals surface area contributed by atoms with E-state index in [2.05, 4.69) is 37.4 Å². The Labute approximate surface area is 222 Å². The summed E-state index contributed by atoms with van der Waals surface area (Å²) in [5.41, 5.74) is 4.26. The number of hydrogen-bond acceptors (Lipinski definition) is 7. The van der Waals surface area contributed by atoms with Crippen LogP contribution in [0, 0.1) is 6.92 Å². The summed E-state index contributed by atoms with van der Waals surface area (Å²) in [6.45, 7) is 8.93. The largest absolute Gasteiger partial charge is 0.378 e. The molecule has 2 aliphatic rings. The van der Waals surface area contributed by atoms with Crippen LogP contribution in [0.4, 0.5) is 27.7 Å². The Hall–Kier alpha value is -3.40. The average Bonchev–Trinajstić information content (AvgIpc) is 2.92. The second kappa shape index (κ2) is 11.3. The van der Waals surface area contributed by atoms with E-state index in [-0.39, 0.29) is 6.03 Å². The number of carbonyl (C=O) groups excluding carboxylic acids is 1. The van der Waals surface area contributed by atoms with E-state index in [0.717, 1.165) is 61.9 Å². The van der Waals surface area contributed by atoms with E-state index in [1.807, 2.05) is 55.5 Å². The van der Waals surface area contributed by atoms with Gasteiger partial charge in [-0.2, -0.15) is 0 Å². The molecule has 2 amide bonds. The van der Waals surface area contributed by atoms with Crippen molar-refractivity contribution >= 4 is 40.5 Å². The van der Waals surface area contributed by atoms with Crippen LogP contribution in [0.25, 0.3) is 11.4 Å². The summed E-state index contributed by atoms with van der Waals surface area (Å²) in [6, 6.07) is 15.1. The number of aromatic nitrogens is 2. The van der Waals surface area contributed by atoms with Crippen LogP contribution in [0.5, 0.6) is 0 Å². The van der Waals surface area contributed by atoms with Gasteiger partial charge in [-0.3, -0.25) is 0 Å². The van der Waals surface area contributed by atoms with Crippen molar-refractivity contribution < 1.29 is 9.53 Å². The lowest BCUT2D eigenvalue weighted by atomic mass is 10.2. The van der Waals surface area contributed by atoms with Crippen molar-refractivity contribution in [2.24, 2.45) is 0 Å². The summed E-state index contributed by atoms with van der Waals surface area (Å²) in [7, 11) is 2.14. The van der Waals surface area contributed by atoms with E-state index in [4.69, 9.17) is 21.3 Å². The minimum absolute atomic E-state index is 0.302. The van der Waals surface area contributed by atoms with Crippen LogP contribution < -0.4 is 20.4 Å². The van der Waals surface area contributed by atoms with Crippen molar-refractivity contribution in [1.29, 1.82) is 0 Å². The Morgan fingerprint density at radius 2 is 1.43 bits per heavy atom. The molecule has 2 saturated heterocycles. The predicted molar refractivity (Wildman–Crippen MR) is 149 cm³/mol. The number of rotatable bonds is 5. The van der Waals surface area contributed by atoms with E-state index >= 15 is 0 Å². The Morgan fingerprint density at radius 1 is 0.838 bits per heavy atom. The van der Waals surface area contributed by atoms with Crippen LogP contribution in [0.2, 0.25) is 5.15 Å². The summed E-state index contributed by atoms with van der Waals surface area (Å²) in [5, 5.41) is 6.21. The van der Waals surface area contributed by atoms with Gasteiger partial charge in [0.1, 0.15) is 11.0 Å². The first-order valence-electron chi connectivity index (χ1n) is 12.5. The molecule has 194 valence electrons.